The summed E-state index contributed by atoms with van der Waals surface area (Å²) in [7, 11) is 0. The predicted molar refractivity (Wildman–Crippen MR) is 84.7 cm³/mol. The Morgan fingerprint density at radius 2 is 2.29 bits per heavy atom. The van der Waals surface area contributed by atoms with Crippen LogP contribution in [0.15, 0.2) is 36.7 Å². The number of nitrogens with two attached hydrogens (primary N) is 1. The third-order valence-corrected chi connectivity index (χ3v) is 3.44. The van der Waals surface area contributed by atoms with Crippen molar-refractivity contribution in [3.8, 4) is 11.4 Å². The van der Waals surface area contributed by atoms with E-state index in [0.29, 0.717) is 12.2 Å². The highest BCUT2D eigenvalue weighted by molar-refractivity contribution is 5.80. The molecule has 0 aliphatic heterocycles. The minimum Gasteiger partial charge on any atom is -0.399 e. The van der Waals surface area contributed by atoms with Crippen molar-refractivity contribution in [1.29, 1.82) is 0 Å². The lowest BCUT2D eigenvalue weighted by molar-refractivity contribution is -0.123. The van der Waals surface area contributed by atoms with Gasteiger partial charge in [0.25, 0.3) is 0 Å². The second-order valence-electron chi connectivity index (χ2n) is 5.10. The molecule has 2 rings (SSSR count). The number of anilines is 1. The van der Waals surface area contributed by atoms with Crippen molar-refractivity contribution in [2.75, 3.05) is 12.3 Å². The number of hydrogen-bond acceptors (Lipinski definition) is 3. The van der Waals surface area contributed by atoms with Gasteiger partial charge in [-0.05, 0) is 25.5 Å². The first kappa shape index (κ1) is 15.1. The van der Waals surface area contributed by atoms with Crippen LogP contribution < -0.4 is 11.1 Å². The van der Waals surface area contributed by atoms with Crippen LogP contribution in [0.3, 0.4) is 0 Å². The van der Waals surface area contributed by atoms with Crippen LogP contribution in [0.25, 0.3) is 11.4 Å². The number of amides is 1. The number of imidazole rings is 1. The molecule has 21 heavy (non-hydrogen) atoms. The Morgan fingerprint density at radius 1 is 1.48 bits per heavy atom. The Labute approximate surface area is 125 Å². The summed E-state index contributed by atoms with van der Waals surface area (Å²) in [5, 5.41) is 2.95. The molecule has 0 spiro atoms. The van der Waals surface area contributed by atoms with Crippen molar-refractivity contribution in [1.82, 2.24) is 14.9 Å². The number of benzene rings is 1. The number of nitrogen functional groups attached to an aromatic ring is 1. The fourth-order valence-electron chi connectivity index (χ4n) is 2.19. The zero-order valence-electron chi connectivity index (χ0n) is 12.5. The molecule has 2 aromatic rings. The molecule has 0 saturated carbocycles. The first-order valence-corrected chi connectivity index (χ1v) is 7.30. The summed E-state index contributed by atoms with van der Waals surface area (Å²) in [5.74, 6) is 0.757. The first-order chi connectivity index (χ1) is 10.1. The Balaban J connectivity index is 2.18. The molecule has 112 valence electrons. The minimum absolute atomic E-state index is 0.00611. The molecule has 0 aliphatic rings. The summed E-state index contributed by atoms with van der Waals surface area (Å²) >= 11 is 0. The Hall–Kier alpha value is -2.30. The van der Waals surface area contributed by atoms with Crippen LogP contribution in [-0.2, 0) is 4.79 Å². The van der Waals surface area contributed by atoms with Gasteiger partial charge in [0.15, 0.2) is 0 Å². The van der Waals surface area contributed by atoms with Gasteiger partial charge in [-0.25, -0.2) is 4.98 Å². The topological polar surface area (TPSA) is 72.9 Å². The van der Waals surface area contributed by atoms with E-state index in [4.69, 9.17) is 5.73 Å². The van der Waals surface area contributed by atoms with Crippen molar-refractivity contribution < 1.29 is 4.79 Å². The molecule has 0 aliphatic carbocycles. The smallest absolute Gasteiger partial charge is 0.242 e. The summed E-state index contributed by atoms with van der Waals surface area (Å²) in [6, 6.07) is 7.21. The molecular formula is C16H22N4O. The summed E-state index contributed by atoms with van der Waals surface area (Å²) in [6.07, 6.45) is 5.58. The van der Waals surface area contributed by atoms with Gasteiger partial charge in [-0.2, -0.15) is 0 Å². The van der Waals surface area contributed by atoms with E-state index < -0.39 is 0 Å². The number of nitrogens with zero attached hydrogens (tertiary/aromatic N) is 2. The number of carbonyl (C=O) groups is 1. The van der Waals surface area contributed by atoms with Crippen LogP contribution >= 0.6 is 0 Å². The largest absolute Gasteiger partial charge is 0.399 e. The number of aromatic nitrogens is 2. The molecule has 1 aromatic carbocycles. The minimum atomic E-state index is -0.305. The van der Waals surface area contributed by atoms with Gasteiger partial charge in [-0.15, -0.1) is 0 Å². The maximum absolute atomic E-state index is 12.2. The van der Waals surface area contributed by atoms with E-state index in [1.54, 1.807) is 6.20 Å². The predicted octanol–water partition coefficient (Wildman–Crippen LogP) is 2.61. The monoisotopic (exact) mass is 286 g/mol. The van der Waals surface area contributed by atoms with Crippen LogP contribution in [0.2, 0.25) is 0 Å². The summed E-state index contributed by atoms with van der Waals surface area (Å²) in [5.41, 5.74) is 7.41. The fraction of sp³-hybridized carbons (Fsp3) is 0.375. The van der Waals surface area contributed by atoms with Gasteiger partial charge in [0.1, 0.15) is 11.9 Å². The normalized spacial score (nSPS) is 12.1. The Bertz CT molecular complexity index is 606. The molecule has 1 amide bonds. The van der Waals surface area contributed by atoms with Crippen molar-refractivity contribution in [3.63, 3.8) is 0 Å². The molecule has 3 N–H and O–H groups in total. The van der Waals surface area contributed by atoms with Gasteiger partial charge in [0, 0.05) is 30.2 Å². The third-order valence-electron chi connectivity index (χ3n) is 3.44. The SMILES string of the molecule is CCCCNC(=O)C(C)n1ccnc1-c1cccc(N)c1. The lowest BCUT2D eigenvalue weighted by atomic mass is 10.2. The molecule has 1 heterocycles. The van der Waals surface area contributed by atoms with Gasteiger partial charge in [0.2, 0.25) is 5.91 Å². The highest BCUT2D eigenvalue weighted by Crippen LogP contribution is 2.22. The van der Waals surface area contributed by atoms with Crippen molar-refractivity contribution >= 4 is 11.6 Å². The molecule has 0 bridgehead atoms. The van der Waals surface area contributed by atoms with Gasteiger partial charge < -0.3 is 15.6 Å². The number of rotatable bonds is 6. The maximum Gasteiger partial charge on any atom is 0.242 e. The van der Waals surface area contributed by atoms with Gasteiger partial charge in [0.05, 0.1) is 0 Å². The second-order valence-corrected chi connectivity index (χ2v) is 5.10. The van der Waals surface area contributed by atoms with Crippen LogP contribution in [0.1, 0.15) is 32.7 Å². The molecule has 1 atom stereocenters. The molecule has 1 unspecified atom stereocenters. The van der Waals surface area contributed by atoms with E-state index in [2.05, 4.69) is 17.2 Å². The zero-order chi connectivity index (χ0) is 15.2. The second kappa shape index (κ2) is 6.92. The number of carbonyl (C=O) groups excluding carboxylic acids is 1. The number of unbranched alkanes of at least 4 members (excludes halogenated alkanes) is 1. The molecule has 0 saturated heterocycles. The Morgan fingerprint density at radius 3 is 3.00 bits per heavy atom. The highest BCUT2D eigenvalue weighted by atomic mass is 16.2. The maximum atomic E-state index is 12.2. The van der Waals surface area contributed by atoms with E-state index in [-0.39, 0.29) is 11.9 Å². The average molecular weight is 286 g/mol. The third kappa shape index (κ3) is 3.62. The van der Waals surface area contributed by atoms with Crippen LogP contribution in [0.4, 0.5) is 5.69 Å². The van der Waals surface area contributed by atoms with E-state index in [1.807, 2.05) is 42.0 Å². The van der Waals surface area contributed by atoms with Crippen LogP contribution in [0, 0.1) is 0 Å². The van der Waals surface area contributed by atoms with E-state index >= 15 is 0 Å². The van der Waals surface area contributed by atoms with E-state index in [1.165, 1.54) is 0 Å². The summed E-state index contributed by atoms with van der Waals surface area (Å²) < 4.78 is 1.87. The van der Waals surface area contributed by atoms with Gasteiger partial charge in [-0.1, -0.05) is 25.5 Å². The first-order valence-electron chi connectivity index (χ1n) is 7.30. The van der Waals surface area contributed by atoms with Crippen LogP contribution in [0.5, 0.6) is 0 Å². The quantitative estimate of drug-likeness (QED) is 0.633. The molecule has 5 heteroatoms. The van der Waals surface area contributed by atoms with Crippen molar-refractivity contribution in [3.05, 3.63) is 36.7 Å². The van der Waals surface area contributed by atoms with Crippen molar-refractivity contribution in [2.24, 2.45) is 0 Å². The van der Waals surface area contributed by atoms with E-state index in [9.17, 15) is 4.79 Å². The van der Waals surface area contributed by atoms with Gasteiger partial charge >= 0.3 is 0 Å². The summed E-state index contributed by atoms with van der Waals surface area (Å²) in [6.45, 7) is 4.68. The van der Waals surface area contributed by atoms with Gasteiger partial charge in [-0.3, -0.25) is 4.79 Å². The molecule has 1 aromatic heterocycles. The number of nitrogens with one attached hydrogen (secondary N) is 1. The number of hydrogen-bond donors (Lipinski definition) is 2. The average Bonchev–Trinajstić information content (AvgIpc) is 2.96. The van der Waals surface area contributed by atoms with E-state index in [0.717, 1.165) is 24.2 Å². The zero-order valence-corrected chi connectivity index (χ0v) is 12.5. The summed E-state index contributed by atoms with van der Waals surface area (Å²) in [4.78, 5) is 16.5. The lowest BCUT2D eigenvalue weighted by Crippen LogP contribution is -2.31. The molecular weight excluding hydrogens is 264 g/mol. The van der Waals surface area contributed by atoms with Crippen LogP contribution in [-0.4, -0.2) is 22.0 Å². The van der Waals surface area contributed by atoms with Crippen molar-refractivity contribution in [2.45, 2.75) is 32.7 Å². The lowest BCUT2D eigenvalue weighted by Gasteiger charge is -2.16. The molecule has 0 fully saturated rings. The molecule has 0 radical (unpaired) electrons. The molecule has 5 nitrogen and oxygen atoms in total. The fourth-order valence-corrected chi connectivity index (χ4v) is 2.19. The highest BCUT2D eigenvalue weighted by Gasteiger charge is 2.18. The Kier molecular flexibility index (Phi) is 4.98. The standard InChI is InChI=1S/C16H22N4O/c1-3-4-8-19-16(21)12(2)20-10-9-18-15(20)13-6-5-7-14(17)11-13/h5-7,9-12H,3-4,8,17H2,1-2H3,(H,19,21).